The van der Waals surface area contributed by atoms with E-state index in [9.17, 15) is 14.9 Å². The highest BCUT2D eigenvalue weighted by Gasteiger charge is 2.31. The van der Waals surface area contributed by atoms with Gasteiger partial charge in [-0.1, -0.05) is 48.5 Å². The van der Waals surface area contributed by atoms with Gasteiger partial charge in [0.2, 0.25) is 5.95 Å². The molecule has 10 nitrogen and oxygen atoms in total. The van der Waals surface area contributed by atoms with Gasteiger partial charge in [-0.3, -0.25) is 14.9 Å². The van der Waals surface area contributed by atoms with E-state index in [-0.39, 0.29) is 17.6 Å². The van der Waals surface area contributed by atoms with E-state index in [2.05, 4.69) is 27.2 Å². The van der Waals surface area contributed by atoms with Gasteiger partial charge in [-0.15, -0.1) is 10.2 Å². The van der Waals surface area contributed by atoms with E-state index in [1.54, 1.807) is 24.0 Å². The fourth-order valence-corrected chi connectivity index (χ4v) is 5.27. The molecule has 6 rings (SSSR count). The Labute approximate surface area is 224 Å². The molecule has 0 aliphatic carbocycles. The van der Waals surface area contributed by atoms with Crippen LogP contribution in [0.1, 0.15) is 34.2 Å². The van der Waals surface area contributed by atoms with Gasteiger partial charge < -0.3 is 9.80 Å². The number of amides is 1. The van der Waals surface area contributed by atoms with Gasteiger partial charge >= 0.3 is 0 Å². The minimum atomic E-state index is -0.448. The number of carbonyl (C=O) groups excluding carboxylic acids is 1. The molecule has 5 aromatic rings. The van der Waals surface area contributed by atoms with Crippen LogP contribution in [-0.2, 0) is 6.42 Å². The summed E-state index contributed by atoms with van der Waals surface area (Å²) in [5.41, 5.74) is 3.51. The number of anilines is 1. The van der Waals surface area contributed by atoms with Crippen molar-refractivity contribution < 1.29 is 9.72 Å². The third-order valence-corrected chi connectivity index (χ3v) is 7.32. The van der Waals surface area contributed by atoms with Gasteiger partial charge in [0, 0.05) is 54.7 Å². The number of carbonyl (C=O) groups is 1. The molecule has 10 heteroatoms. The second-order valence-electron chi connectivity index (χ2n) is 9.92. The minimum Gasteiger partial charge on any atom is -0.338 e. The van der Waals surface area contributed by atoms with Gasteiger partial charge in [-0.05, 0) is 37.6 Å². The zero-order valence-electron chi connectivity index (χ0n) is 21.7. The Morgan fingerprint density at radius 1 is 1.03 bits per heavy atom. The monoisotopic (exact) mass is 521 g/mol. The highest BCUT2D eigenvalue weighted by Crippen LogP contribution is 2.28. The summed E-state index contributed by atoms with van der Waals surface area (Å²) in [6.07, 6.45) is 0.606. The Hall–Kier alpha value is -4.86. The number of aromatic nitrogens is 4. The lowest BCUT2D eigenvalue weighted by atomic mass is 10.1. The molecule has 39 heavy (non-hydrogen) atoms. The first-order valence-electron chi connectivity index (χ1n) is 12.9. The molecule has 1 saturated heterocycles. The molecule has 1 atom stereocenters. The maximum Gasteiger partial charge on any atom is 0.273 e. The Morgan fingerprint density at radius 3 is 2.56 bits per heavy atom. The third-order valence-electron chi connectivity index (χ3n) is 7.32. The van der Waals surface area contributed by atoms with Crippen LogP contribution in [0.4, 0.5) is 11.6 Å². The number of nitro groups is 1. The van der Waals surface area contributed by atoms with Gasteiger partial charge in [0.25, 0.3) is 11.6 Å². The smallest absolute Gasteiger partial charge is 0.273 e. The number of aryl methyl sites for hydroxylation is 1. The second-order valence-corrected chi connectivity index (χ2v) is 9.92. The Kier molecular flexibility index (Phi) is 6.14. The summed E-state index contributed by atoms with van der Waals surface area (Å²) in [6.45, 7) is 5.20. The van der Waals surface area contributed by atoms with Gasteiger partial charge in [-0.2, -0.15) is 0 Å². The van der Waals surface area contributed by atoms with Crippen molar-refractivity contribution in [3.05, 3.63) is 105 Å². The van der Waals surface area contributed by atoms with E-state index in [1.165, 1.54) is 6.07 Å². The molecule has 1 aliphatic rings. The number of rotatable bonds is 5. The average molecular weight is 522 g/mol. The first-order valence-corrected chi connectivity index (χ1v) is 12.9. The van der Waals surface area contributed by atoms with Gasteiger partial charge in [0.05, 0.1) is 10.4 Å². The number of nitrogens with zero attached hydrogens (tertiary/aromatic N) is 7. The van der Waals surface area contributed by atoms with E-state index in [0.29, 0.717) is 37.2 Å². The number of benzene rings is 3. The van der Waals surface area contributed by atoms with Crippen molar-refractivity contribution in [2.45, 2.75) is 26.3 Å². The van der Waals surface area contributed by atoms with Crippen LogP contribution < -0.4 is 4.90 Å². The zero-order valence-corrected chi connectivity index (χ0v) is 21.7. The van der Waals surface area contributed by atoms with Gasteiger partial charge in [0.1, 0.15) is 5.82 Å². The van der Waals surface area contributed by atoms with Crippen LogP contribution in [-0.4, -0.2) is 61.0 Å². The number of fused-ring (bicyclic) bond motifs is 3. The molecule has 196 valence electrons. The van der Waals surface area contributed by atoms with E-state index < -0.39 is 4.92 Å². The van der Waals surface area contributed by atoms with Crippen LogP contribution in [0.3, 0.4) is 0 Å². The largest absolute Gasteiger partial charge is 0.338 e. The number of hydrogen-bond acceptors (Lipinski definition) is 7. The average Bonchev–Trinajstić information content (AvgIpc) is 3.36. The van der Waals surface area contributed by atoms with Crippen molar-refractivity contribution in [2.75, 3.05) is 24.5 Å². The van der Waals surface area contributed by atoms with Crippen molar-refractivity contribution >= 4 is 34.1 Å². The molecule has 0 spiro atoms. The zero-order chi connectivity index (χ0) is 27.1. The van der Waals surface area contributed by atoms with E-state index in [1.807, 2.05) is 53.8 Å². The van der Waals surface area contributed by atoms with Crippen LogP contribution >= 0.6 is 0 Å². The van der Waals surface area contributed by atoms with Crippen LogP contribution in [0.15, 0.2) is 72.8 Å². The molecule has 1 unspecified atom stereocenters. The quantitative estimate of drug-likeness (QED) is 0.248. The van der Waals surface area contributed by atoms with Crippen LogP contribution in [0.2, 0.25) is 0 Å². The fraction of sp³-hybridized carbons (Fsp3) is 0.241. The summed E-state index contributed by atoms with van der Waals surface area (Å²) in [7, 11) is 0. The fourth-order valence-electron chi connectivity index (χ4n) is 5.27. The molecule has 1 fully saturated rings. The summed E-state index contributed by atoms with van der Waals surface area (Å²) in [5.74, 6) is 1.32. The third kappa shape index (κ3) is 4.43. The molecule has 2 aromatic heterocycles. The molecule has 1 amide bonds. The molecular weight excluding hydrogens is 494 g/mol. The molecule has 0 radical (unpaired) electrons. The summed E-state index contributed by atoms with van der Waals surface area (Å²) in [4.78, 5) is 33.3. The van der Waals surface area contributed by atoms with Crippen LogP contribution in [0.5, 0.6) is 0 Å². The van der Waals surface area contributed by atoms with Crippen molar-refractivity contribution in [1.82, 2.24) is 24.5 Å². The maximum atomic E-state index is 13.4. The molecule has 0 saturated carbocycles. The number of piperazine rings is 1. The molecule has 3 heterocycles. The molecule has 3 aromatic carbocycles. The summed E-state index contributed by atoms with van der Waals surface area (Å²) in [5, 5.41) is 21.5. The predicted molar refractivity (Wildman–Crippen MR) is 148 cm³/mol. The van der Waals surface area contributed by atoms with Crippen molar-refractivity contribution in [1.29, 1.82) is 0 Å². The number of nitro benzene ring substituents is 1. The highest BCUT2D eigenvalue weighted by molar-refractivity contribution is 5.95. The highest BCUT2D eigenvalue weighted by atomic mass is 16.6. The van der Waals surface area contributed by atoms with Gasteiger partial charge in [-0.25, -0.2) is 9.38 Å². The Bertz CT molecular complexity index is 1720. The molecule has 0 N–H and O–H groups in total. The second kappa shape index (κ2) is 9.79. The van der Waals surface area contributed by atoms with Crippen LogP contribution in [0, 0.1) is 17.0 Å². The first-order chi connectivity index (χ1) is 18.9. The van der Waals surface area contributed by atoms with E-state index in [0.717, 1.165) is 33.9 Å². The van der Waals surface area contributed by atoms with E-state index >= 15 is 0 Å². The molecular formula is C29H27N7O3. The van der Waals surface area contributed by atoms with Crippen molar-refractivity contribution in [2.24, 2.45) is 0 Å². The normalized spacial score (nSPS) is 15.7. The topological polar surface area (TPSA) is 110 Å². The van der Waals surface area contributed by atoms with Crippen LogP contribution in [0.25, 0.3) is 16.6 Å². The summed E-state index contributed by atoms with van der Waals surface area (Å²) < 4.78 is 2.03. The lowest BCUT2D eigenvalue weighted by molar-refractivity contribution is -0.385. The van der Waals surface area contributed by atoms with Crippen molar-refractivity contribution in [3.8, 4) is 0 Å². The predicted octanol–water partition coefficient (Wildman–Crippen LogP) is 4.44. The Balaban J connectivity index is 1.34. The standard InChI is InChI=1S/C29H27N7O3/c1-19-12-13-22(17-25(19)36(38)39)28(37)34-15-14-33(18-20(34)2)29-30-24-11-7-6-10-23(24)27-32-31-26(35(27)29)16-21-8-4-3-5-9-21/h3-13,17,20H,14-16,18H2,1-2H3. The SMILES string of the molecule is Cc1ccc(C(=O)N2CCN(c3nc4ccccc4c4nnc(Cc5ccccc5)n34)CC2C)cc1[N+](=O)[O-]. The number of hydrogen-bond donors (Lipinski definition) is 0. The lowest BCUT2D eigenvalue weighted by Crippen LogP contribution is -2.54. The van der Waals surface area contributed by atoms with E-state index in [4.69, 9.17) is 4.98 Å². The summed E-state index contributed by atoms with van der Waals surface area (Å²) >= 11 is 0. The minimum absolute atomic E-state index is 0.0477. The lowest BCUT2D eigenvalue weighted by Gasteiger charge is -2.40. The Morgan fingerprint density at radius 2 is 1.79 bits per heavy atom. The summed E-state index contributed by atoms with van der Waals surface area (Å²) in [6, 6.07) is 22.5. The molecule has 0 bridgehead atoms. The maximum absolute atomic E-state index is 13.4. The molecule has 1 aliphatic heterocycles. The van der Waals surface area contributed by atoms with Crippen molar-refractivity contribution in [3.63, 3.8) is 0 Å². The number of para-hydroxylation sites is 1. The van der Waals surface area contributed by atoms with Gasteiger partial charge in [0.15, 0.2) is 5.65 Å². The first kappa shape index (κ1) is 24.5.